The number of amides is 1. The Hall–Kier alpha value is -2.55. The molecule has 6 nitrogen and oxygen atoms in total. The Morgan fingerprint density at radius 3 is 2.50 bits per heavy atom. The lowest BCUT2D eigenvalue weighted by Crippen LogP contribution is -2.41. The van der Waals surface area contributed by atoms with Crippen molar-refractivity contribution in [3.63, 3.8) is 0 Å². The highest BCUT2D eigenvalue weighted by molar-refractivity contribution is 7.89. The summed E-state index contributed by atoms with van der Waals surface area (Å²) in [5, 5.41) is 5.98. The van der Waals surface area contributed by atoms with Crippen LogP contribution in [-0.4, -0.2) is 36.7 Å². The molecule has 1 N–H and O–H groups in total. The SMILES string of the molecule is Cc1nc(-c2cccc(NC(=O)C3CCN(S(=O)(=O)c4ccccc4)CC3)c2)cs1. The summed E-state index contributed by atoms with van der Waals surface area (Å²) in [6.45, 7) is 2.64. The fourth-order valence-corrected chi connectivity index (χ4v) is 5.71. The van der Waals surface area contributed by atoms with Gasteiger partial charge in [0.1, 0.15) is 0 Å². The van der Waals surface area contributed by atoms with Gasteiger partial charge in [0, 0.05) is 35.6 Å². The second-order valence-corrected chi connectivity index (χ2v) is 10.3. The zero-order valence-corrected chi connectivity index (χ0v) is 18.2. The Labute approximate surface area is 180 Å². The van der Waals surface area contributed by atoms with E-state index in [1.165, 1.54) is 4.31 Å². The van der Waals surface area contributed by atoms with Crippen molar-refractivity contribution in [1.82, 2.24) is 9.29 Å². The van der Waals surface area contributed by atoms with Gasteiger partial charge >= 0.3 is 0 Å². The molecule has 1 aliphatic heterocycles. The molecule has 0 bridgehead atoms. The van der Waals surface area contributed by atoms with Gasteiger partial charge in [-0.15, -0.1) is 11.3 Å². The lowest BCUT2D eigenvalue weighted by molar-refractivity contribution is -0.120. The van der Waals surface area contributed by atoms with Crippen molar-refractivity contribution >= 4 is 33.0 Å². The van der Waals surface area contributed by atoms with E-state index in [1.54, 1.807) is 41.7 Å². The summed E-state index contributed by atoms with van der Waals surface area (Å²) in [5.74, 6) is -0.282. The standard InChI is InChI=1S/C22H23N3O3S2/c1-16-23-21(15-29-16)18-6-5-7-19(14-18)24-22(26)17-10-12-25(13-11-17)30(27,28)20-8-3-2-4-9-20/h2-9,14-15,17H,10-13H2,1H3,(H,24,26). The maximum absolute atomic E-state index is 12.8. The normalized spacial score (nSPS) is 15.8. The van der Waals surface area contributed by atoms with Crippen molar-refractivity contribution in [2.75, 3.05) is 18.4 Å². The largest absolute Gasteiger partial charge is 0.326 e. The summed E-state index contributed by atoms with van der Waals surface area (Å²) >= 11 is 1.59. The molecule has 3 aromatic rings. The van der Waals surface area contributed by atoms with E-state index in [0.717, 1.165) is 22.0 Å². The molecule has 4 rings (SSSR count). The van der Waals surface area contributed by atoms with Gasteiger partial charge in [-0.2, -0.15) is 4.31 Å². The zero-order chi connectivity index (χ0) is 21.1. The van der Waals surface area contributed by atoms with Crippen molar-refractivity contribution in [1.29, 1.82) is 0 Å². The van der Waals surface area contributed by atoms with Crippen molar-refractivity contribution in [3.05, 3.63) is 65.0 Å². The summed E-state index contributed by atoms with van der Waals surface area (Å²) in [5.41, 5.74) is 2.58. The van der Waals surface area contributed by atoms with E-state index in [-0.39, 0.29) is 11.8 Å². The molecular formula is C22H23N3O3S2. The minimum absolute atomic E-state index is 0.0710. The number of nitrogens with one attached hydrogen (secondary N) is 1. The topological polar surface area (TPSA) is 79.4 Å². The van der Waals surface area contributed by atoms with E-state index in [4.69, 9.17) is 0 Å². The molecule has 2 aromatic carbocycles. The van der Waals surface area contributed by atoms with Gasteiger partial charge in [0.2, 0.25) is 15.9 Å². The van der Waals surface area contributed by atoms with Crippen molar-refractivity contribution in [2.24, 2.45) is 5.92 Å². The van der Waals surface area contributed by atoms with E-state index >= 15 is 0 Å². The number of aryl methyl sites for hydroxylation is 1. The van der Waals surface area contributed by atoms with E-state index in [2.05, 4.69) is 10.3 Å². The van der Waals surface area contributed by atoms with E-state index in [0.29, 0.717) is 30.8 Å². The van der Waals surface area contributed by atoms with Crippen LogP contribution in [0.25, 0.3) is 11.3 Å². The van der Waals surface area contributed by atoms with Gasteiger partial charge in [-0.3, -0.25) is 4.79 Å². The van der Waals surface area contributed by atoms with Gasteiger partial charge in [-0.25, -0.2) is 13.4 Å². The number of hydrogen-bond acceptors (Lipinski definition) is 5. The summed E-state index contributed by atoms with van der Waals surface area (Å²) in [7, 11) is -3.51. The van der Waals surface area contributed by atoms with Gasteiger partial charge < -0.3 is 5.32 Å². The van der Waals surface area contributed by atoms with Crippen LogP contribution in [0, 0.1) is 12.8 Å². The minimum Gasteiger partial charge on any atom is -0.326 e. The number of aromatic nitrogens is 1. The van der Waals surface area contributed by atoms with Crippen molar-refractivity contribution in [2.45, 2.75) is 24.7 Å². The van der Waals surface area contributed by atoms with Crippen LogP contribution in [0.1, 0.15) is 17.8 Å². The molecule has 0 atom stereocenters. The number of piperidine rings is 1. The fraction of sp³-hybridized carbons (Fsp3) is 0.273. The van der Waals surface area contributed by atoms with E-state index in [9.17, 15) is 13.2 Å². The molecule has 30 heavy (non-hydrogen) atoms. The zero-order valence-electron chi connectivity index (χ0n) is 16.6. The monoisotopic (exact) mass is 441 g/mol. The highest BCUT2D eigenvalue weighted by Gasteiger charge is 2.32. The van der Waals surface area contributed by atoms with Crippen LogP contribution in [0.3, 0.4) is 0 Å². The van der Waals surface area contributed by atoms with Crippen LogP contribution in [0.5, 0.6) is 0 Å². The molecule has 0 unspecified atom stereocenters. The molecule has 0 saturated carbocycles. The third-order valence-corrected chi connectivity index (χ3v) is 7.94. The first kappa shape index (κ1) is 20.7. The predicted octanol–water partition coefficient (Wildman–Crippen LogP) is 4.16. The molecular weight excluding hydrogens is 418 g/mol. The van der Waals surface area contributed by atoms with Crippen LogP contribution < -0.4 is 5.32 Å². The van der Waals surface area contributed by atoms with Crippen LogP contribution in [0.2, 0.25) is 0 Å². The highest BCUT2D eigenvalue weighted by atomic mass is 32.2. The van der Waals surface area contributed by atoms with Crippen LogP contribution in [0.15, 0.2) is 64.9 Å². The fourth-order valence-electron chi connectivity index (χ4n) is 3.60. The molecule has 156 valence electrons. The first-order valence-corrected chi connectivity index (χ1v) is 12.1. The third kappa shape index (κ3) is 4.45. The predicted molar refractivity (Wildman–Crippen MR) is 119 cm³/mol. The Balaban J connectivity index is 1.38. The Morgan fingerprint density at radius 1 is 1.10 bits per heavy atom. The molecule has 2 heterocycles. The number of carbonyl (C=O) groups excluding carboxylic acids is 1. The van der Waals surface area contributed by atoms with E-state index in [1.807, 2.05) is 36.6 Å². The summed E-state index contributed by atoms with van der Waals surface area (Å²) in [6.07, 6.45) is 1.01. The molecule has 1 amide bonds. The molecule has 1 aliphatic rings. The first-order valence-electron chi connectivity index (χ1n) is 9.82. The number of rotatable bonds is 5. The number of hydrogen-bond donors (Lipinski definition) is 1. The summed E-state index contributed by atoms with van der Waals surface area (Å²) < 4.78 is 27.0. The third-order valence-electron chi connectivity index (χ3n) is 5.25. The lowest BCUT2D eigenvalue weighted by Gasteiger charge is -2.30. The van der Waals surface area contributed by atoms with Gasteiger partial charge in [0.15, 0.2) is 0 Å². The lowest BCUT2D eigenvalue weighted by atomic mass is 9.97. The number of benzene rings is 2. The van der Waals surface area contributed by atoms with Crippen LogP contribution in [0.4, 0.5) is 5.69 Å². The molecule has 1 fully saturated rings. The summed E-state index contributed by atoms with van der Waals surface area (Å²) in [4.78, 5) is 17.5. The first-order chi connectivity index (χ1) is 14.4. The molecule has 1 saturated heterocycles. The quantitative estimate of drug-likeness (QED) is 0.645. The number of anilines is 1. The number of sulfonamides is 1. The highest BCUT2D eigenvalue weighted by Crippen LogP contribution is 2.27. The smallest absolute Gasteiger partial charge is 0.243 e. The maximum atomic E-state index is 12.8. The number of carbonyl (C=O) groups is 1. The summed E-state index contributed by atoms with van der Waals surface area (Å²) in [6, 6.07) is 16.1. The molecule has 8 heteroatoms. The van der Waals surface area contributed by atoms with Crippen molar-refractivity contribution in [3.8, 4) is 11.3 Å². The average molecular weight is 442 g/mol. The molecule has 0 radical (unpaired) electrons. The molecule has 1 aromatic heterocycles. The average Bonchev–Trinajstić information content (AvgIpc) is 3.21. The van der Waals surface area contributed by atoms with Crippen molar-refractivity contribution < 1.29 is 13.2 Å². The number of nitrogens with zero attached hydrogens (tertiary/aromatic N) is 2. The Kier molecular flexibility index (Phi) is 5.99. The maximum Gasteiger partial charge on any atom is 0.243 e. The Morgan fingerprint density at radius 2 is 1.83 bits per heavy atom. The Bertz CT molecular complexity index is 1140. The molecule has 0 aliphatic carbocycles. The minimum atomic E-state index is -3.51. The second-order valence-electron chi connectivity index (χ2n) is 7.31. The number of thiazole rings is 1. The van der Waals surface area contributed by atoms with Gasteiger partial charge in [-0.1, -0.05) is 30.3 Å². The van der Waals surface area contributed by atoms with Crippen LogP contribution in [-0.2, 0) is 14.8 Å². The van der Waals surface area contributed by atoms with Gasteiger partial charge in [0.05, 0.1) is 15.6 Å². The van der Waals surface area contributed by atoms with Crippen LogP contribution >= 0.6 is 11.3 Å². The van der Waals surface area contributed by atoms with Gasteiger partial charge in [-0.05, 0) is 44.0 Å². The molecule has 0 spiro atoms. The van der Waals surface area contributed by atoms with Gasteiger partial charge in [0.25, 0.3) is 0 Å². The second kappa shape index (κ2) is 8.67. The van der Waals surface area contributed by atoms with E-state index < -0.39 is 10.0 Å².